The van der Waals surface area contributed by atoms with Crippen molar-refractivity contribution in [3.8, 4) is 0 Å². The van der Waals surface area contributed by atoms with E-state index in [0.29, 0.717) is 4.77 Å². The highest BCUT2D eigenvalue weighted by atomic mass is 32.2. The second-order valence-corrected chi connectivity index (χ2v) is 4.17. The van der Waals surface area contributed by atoms with Gasteiger partial charge in [-0.1, -0.05) is 6.92 Å². The van der Waals surface area contributed by atoms with Crippen LogP contribution in [0.25, 0.3) is 0 Å². The highest BCUT2D eigenvalue weighted by molar-refractivity contribution is 7.99. The molecule has 0 aliphatic rings. The van der Waals surface area contributed by atoms with Gasteiger partial charge >= 0.3 is 0 Å². The highest BCUT2D eigenvalue weighted by Crippen LogP contribution is 2.20. The average molecular weight is 200 g/mol. The molecule has 0 saturated heterocycles. The van der Waals surface area contributed by atoms with Gasteiger partial charge < -0.3 is 4.98 Å². The number of aromatic amines is 1. The first-order valence-electron chi connectivity index (χ1n) is 3.85. The number of hydrogen-bond donors (Lipinski definition) is 1. The molecule has 66 valence electrons. The zero-order chi connectivity index (χ0) is 9.14. The summed E-state index contributed by atoms with van der Waals surface area (Å²) in [4.78, 5) is 7.27. The van der Waals surface area contributed by atoms with Gasteiger partial charge in [-0.25, -0.2) is 4.98 Å². The van der Waals surface area contributed by atoms with Gasteiger partial charge in [0.15, 0.2) is 4.77 Å². The second-order valence-electron chi connectivity index (χ2n) is 2.53. The molecule has 2 nitrogen and oxygen atoms in total. The summed E-state index contributed by atoms with van der Waals surface area (Å²) < 4.78 is 0.578. The topological polar surface area (TPSA) is 28.7 Å². The normalized spacial score (nSPS) is 10.2. The minimum Gasteiger partial charge on any atom is -0.334 e. The van der Waals surface area contributed by atoms with Crippen molar-refractivity contribution in [2.75, 3.05) is 5.75 Å². The van der Waals surface area contributed by atoms with Gasteiger partial charge in [-0.15, -0.1) is 11.8 Å². The van der Waals surface area contributed by atoms with Crippen molar-refractivity contribution in [3.05, 3.63) is 16.0 Å². The summed E-state index contributed by atoms with van der Waals surface area (Å²) in [5.41, 5.74) is 2.32. The molecular weight excluding hydrogens is 188 g/mol. The number of H-pyrrole nitrogens is 1. The quantitative estimate of drug-likeness (QED) is 0.452. The standard InChI is InChI=1S/C8H12N2S2/c1-4-12-7-5(2)6(3)9-8(11)10-7/h4H2,1-3H3,(H,9,10,11). The molecule has 0 radical (unpaired) electrons. The van der Waals surface area contributed by atoms with Crippen LogP contribution in [0.5, 0.6) is 0 Å². The van der Waals surface area contributed by atoms with Gasteiger partial charge in [0.2, 0.25) is 0 Å². The Morgan fingerprint density at radius 1 is 1.50 bits per heavy atom. The largest absolute Gasteiger partial charge is 0.334 e. The molecule has 0 spiro atoms. The van der Waals surface area contributed by atoms with Crippen LogP contribution in [0.15, 0.2) is 5.03 Å². The third-order valence-corrected chi connectivity index (χ3v) is 2.81. The van der Waals surface area contributed by atoms with E-state index >= 15 is 0 Å². The summed E-state index contributed by atoms with van der Waals surface area (Å²) >= 11 is 6.71. The van der Waals surface area contributed by atoms with Crippen LogP contribution in [0.4, 0.5) is 0 Å². The molecule has 4 heteroatoms. The predicted octanol–water partition coefficient (Wildman–Crippen LogP) is 2.87. The van der Waals surface area contributed by atoms with Crippen molar-refractivity contribution < 1.29 is 0 Å². The van der Waals surface area contributed by atoms with Crippen molar-refractivity contribution in [1.82, 2.24) is 9.97 Å². The number of nitrogens with one attached hydrogen (secondary N) is 1. The Bertz CT molecular complexity index is 330. The Balaban J connectivity index is 3.18. The molecule has 1 heterocycles. The van der Waals surface area contributed by atoms with Gasteiger partial charge in [-0.2, -0.15) is 0 Å². The van der Waals surface area contributed by atoms with E-state index in [4.69, 9.17) is 12.2 Å². The van der Waals surface area contributed by atoms with Gasteiger partial charge in [0, 0.05) is 11.3 Å². The molecule has 1 N–H and O–H groups in total. The molecule has 0 aliphatic carbocycles. The van der Waals surface area contributed by atoms with Crippen LogP contribution in [0.1, 0.15) is 18.2 Å². The first-order chi connectivity index (χ1) is 5.65. The molecule has 1 rings (SSSR count). The molecule has 0 aliphatic heterocycles. The fourth-order valence-corrected chi connectivity index (χ4v) is 2.00. The van der Waals surface area contributed by atoms with Crippen LogP contribution >= 0.6 is 24.0 Å². The van der Waals surface area contributed by atoms with Gasteiger partial charge in [0.05, 0.1) is 0 Å². The van der Waals surface area contributed by atoms with Gasteiger partial charge in [0.1, 0.15) is 5.03 Å². The van der Waals surface area contributed by atoms with E-state index in [1.807, 2.05) is 6.92 Å². The third-order valence-electron chi connectivity index (χ3n) is 1.66. The fourth-order valence-electron chi connectivity index (χ4n) is 0.896. The molecule has 0 fully saturated rings. The minimum absolute atomic E-state index is 0.578. The fraction of sp³-hybridized carbons (Fsp3) is 0.500. The number of aryl methyl sites for hydroxylation is 1. The summed E-state index contributed by atoms with van der Waals surface area (Å²) in [7, 11) is 0. The molecule has 0 amide bonds. The smallest absolute Gasteiger partial charge is 0.198 e. The summed E-state index contributed by atoms with van der Waals surface area (Å²) in [6, 6.07) is 0. The van der Waals surface area contributed by atoms with E-state index in [1.165, 1.54) is 5.56 Å². The van der Waals surface area contributed by atoms with Crippen LogP contribution in [-0.4, -0.2) is 15.7 Å². The van der Waals surface area contributed by atoms with Crippen molar-refractivity contribution in [2.45, 2.75) is 25.8 Å². The van der Waals surface area contributed by atoms with E-state index in [0.717, 1.165) is 16.5 Å². The lowest BCUT2D eigenvalue weighted by Crippen LogP contribution is -1.94. The number of hydrogen-bond acceptors (Lipinski definition) is 3. The van der Waals surface area contributed by atoms with E-state index in [1.54, 1.807) is 11.8 Å². The first-order valence-corrected chi connectivity index (χ1v) is 5.25. The zero-order valence-corrected chi connectivity index (χ0v) is 9.10. The molecule has 0 unspecified atom stereocenters. The molecule has 0 saturated carbocycles. The van der Waals surface area contributed by atoms with Crippen LogP contribution in [0.2, 0.25) is 0 Å². The maximum Gasteiger partial charge on any atom is 0.198 e. The average Bonchev–Trinajstić information content (AvgIpc) is 2.00. The lowest BCUT2D eigenvalue weighted by molar-refractivity contribution is 0.944. The second kappa shape index (κ2) is 4.05. The number of rotatable bonds is 2. The molecule has 0 bridgehead atoms. The number of aromatic nitrogens is 2. The summed E-state index contributed by atoms with van der Waals surface area (Å²) in [6.07, 6.45) is 0. The van der Waals surface area contributed by atoms with Crippen molar-refractivity contribution in [3.63, 3.8) is 0 Å². The minimum atomic E-state index is 0.578. The molecule has 0 atom stereocenters. The van der Waals surface area contributed by atoms with Crippen LogP contribution < -0.4 is 0 Å². The summed E-state index contributed by atoms with van der Waals surface area (Å²) in [5, 5.41) is 1.05. The molecule has 1 aromatic heterocycles. The Labute approximate surface area is 81.8 Å². The van der Waals surface area contributed by atoms with E-state index in [2.05, 4.69) is 23.8 Å². The Hall–Kier alpha value is -0.350. The Morgan fingerprint density at radius 3 is 2.75 bits per heavy atom. The highest BCUT2D eigenvalue weighted by Gasteiger charge is 2.02. The lowest BCUT2D eigenvalue weighted by Gasteiger charge is -2.04. The van der Waals surface area contributed by atoms with E-state index in [9.17, 15) is 0 Å². The Kier molecular flexibility index (Phi) is 3.29. The lowest BCUT2D eigenvalue weighted by atomic mass is 10.3. The predicted molar refractivity (Wildman–Crippen MR) is 55.3 cm³/mol. The van der Waals surface area contributed by atoms with Crippen LogP contribution in [0, 0.1) is 18.6 Å². The van der Waals surface area contributed by atoms with Crippen LogP contribution in [-0.2, 0) is 0 Å². The summed E-state index contributed by atoms with van der Waals surface area (Å²) in [5.74, 6) is 1.03. The van der Waals surface area contributed by atoms with Gasteiger partial charge in [0.25, 0.3) is 0 Å². The SMILES string of the molecule is CCSc1nc(=S)[nH]c(C)c1C. The third kappa shape index (κ3) is 2.08. The van der Waals surface area contributed by atoms with Crippen molar-refractivity contribution in [1.29, 1.82) is 0 Å². The zero-order valence-electron chi connectivity index (χ0n) is 7.47. The van der Waals surface area contributed by atoms with Crippen LogP contribution in [0.3, 0.4) is 0 Å². The van der Waals surface area contributed by atoms with Gasteiger partial charge in [-0.05, 0) is 31.8 Å². The first kappa shape index (κ1) is 9.74. The van der Waals surface area contributed by atoms with E-state index < -0.39 is 0 Å². The molecular formula is C8H12N2S2. The number of thioether (sulfide) groups is 1. The molecule has 0 aromatic carbocycles. The van der Waals surface area contributed by atoms with Gasteiger partial charge in [-0.3, -0.25) is 0 Å². The Morgan fingerprint density at radius 2 is 2.17 bits per heavy atom. The van der Waals surface area contributed by atoms with E-state index in [-0.39, 0.29) is 0 Å². The monoisotopic (exact) mass is 200 g/mol. The molecule has 12 heavy (non-hydrogen) atoms. The number of nitrogens with zero attached hydrogens (tertiary/aromatic N) is 1. The van der Waals surface area contributed by atoms with Crippen molar-refractivity contribution >= 4 is 24.0 Å². The summed E-state index contributed by atoms with van der Waals surface area (Å²) in [6.45, 7) is 6.19. The van der Waals surface area contributed by atoms with Crippen molar-refractivity contribution in [2.24, 2.45) is 0 Å². The maximum absolute atomic E-state index is 4.98. The molecule has 1 aromatic rings. The maximum atomic E-state index is 4.98.